The van der Waals surface area contributed by atoms with Crippen LogP contribution in [0.2, 0.25) is 0 Å². The Labute approximate surface area is 162 Å². The molecule has 28 heavy (non-hydrogen) atoms. The van der Waals surface area contributed by atoms with Crippen LogP contribution < -0.4 is 25.5 Å². The normalized spacial score (nSPS) is 11.9. The second kappa shape index (κ2) is 9.25. The molecule has 0 unspecified atom stereocenters. The van der Waals surface area contributed by atoms with Crippen LogP contribution in [-0.2, 0) is 16.0 Å². The number of aryl methyl sites for hydroxylation is 1. The third-order valence-corrected chi connectivity index (χ3v) is 4.58. The number of carbonyl (C=O) groups is 2. The fraction of sp³-hybridized carbons (Fsp3) is 0.450. The van der Waals surface area contributed by atoms with E-state index in [4.69, 9.17) is 13.9 Å². The van der Waals surface area contributed by atoms with Crippen molar-refractivity contribution in [2.24, 2.45) is 0 Å². The Hall–Kier alpha value is -3.03. The van der Waals surface area contributed by atoms with Crippen molar-refractivity contribution in [1.29, 1.82) is 0 Å². The topological polar surface area (TPSA) is 118 Å². The van der Waals surface area contributed by atoms with Crippen LogP contribution in [0, 0.1) is 6.92 Å². The molecule has 0 aliphatic carbocycles. The minimum atomic E-state index is -1.35. The van der Waals surface area contributed by atoms with Crippen LogP contribution >= 0.6 is 0 Å². The van der Waals surface area contributed by atoms with E-state index in [2.05, 4.69) is 5.32 Å². The first-order valence-electron chi connectivity index (χ1n) is 9.00. The molecule has 0 aliphatic rings. The fourth-order valence-corrected chi connectivity index (χ4v) is 3.03. The number of rotatable bonds is 9. The number of carboxylic acid groups (broad SMARTS) is 1. The van der Waals surface area contributed by atoms with E-state index < -0.39 is 23.5 Å². The molecular formula is C20H24NO7-. The van der Waals surface area contributed by atoms with Crippen molar-refractivity contribution in [2.75, 3.05) is 14.2 Å². The highest BCUT2D eigenvalue weighted by atomic mass is 16.5. The minimum Gasteiger partial charge on any atom is -0.548 e. The molecule has 1 N–H and O–H groups in total. The fourth-order valence-electron chi connectivity index (χ4n) is 3.03. The van der Waals surface area contributed by atoms with Crippen molar-refractivity contribution in [1.82, 2.24) is 5.32 Å². The number of nitrogens with one attached hydrogen (secondary N) is 1. The zero-order valence-corrected chi connectivity index (χ0v) is 16.4. The summed E-state index contributed by atoms with van der Waals surface area (Å²) in [6, 6.07) is 2.11. The van der Waals surface area contributed by atoms with Crippen molar-refractivity contribution in [2.45, 2.75) is 45.6 Å². The summed E-state index contributed by atoms with van der Waals surface area (Å²) in [6.45, 7) is 3.60. The van der Waals surface area contributed by atoms with Crippen LogP contribution in [-0.4, -0.2) is 32.1 Å². The van der Waals surface area contributed by atoms with E-state index in [0.717, 1.165) is 6.42 Å². The largest absolute Gasteiger partial charge is 0.548 e. The van der Waals surface area contributed by atoms with Crippen molar-refractivity contribution >= 4 is 22.8 Å². The standard InChI is InChI=1S/C20H25NO7/c1-5-6-7-14(19(23)24)21-17(22)10-13-11(2)18-15(27-4)8-12(26-3)9-16(18)28-20(13)25/h8-9,14H,5-7,10H2,1-4H3,(H,21,22)(H,23,24)/p-1/t14-/m1/s1. The maximum Gasteiger partial charge on any atom is 0.340 e. The van der Waals surface area contributed by atoms with Gasteiger partial charge in [0.1, 0.15) is 17.1 Å². The third-order valence-electron chi connectivity index (χ3n) is 4.58. The molecule has 0 radical (unpaired) electrons. The Morgan fingerprint density at radius 2 is 1.96 bits per heavy atom. The van der Waals surface area contributed by atoms with Gasteiger partial charge in [-0.05, 0) is 18.9 Å². The van der Waals surface area contributed by atoms with Crippen LogP contribution in [0.15, 0.2) is 21.3 Å². The van der Waals surface area contributed by atoms with Gasteiger partial charge in [-0.25, -0.2) is 4.79 Å². The highest BCUT2D eigenvalue weighted by Gasteiger charge is 2.20. The van der Waals surface area contributed by atoms with Crippen molar-refractivity contribution in [3.8, 4) is 11.5 Å². The average Bonchev–Trinajstić information content (AvgIpc) is 2.66. The molecule has 0 saturated carbocycles. The zero-order chi connectivity index (χ0) is 20.8. The zero-order valence-electron chi connectivity index (χ0n) is 16.4. The average molecular weight is 390 g/mol. The van der Waals surface area contributed by atoms with E-state index in [1.165, 1.54) is 14.2 Å². The number of methoxy groups -OCH3 is 2. The summed E-state index contributed by atoms with van der Waals surface area (Å²) < 4.78 is 15.9. The number of benzene rings is 1. The summed E-state index contributed by atoms with van der Waals surface area (Å²) in [5.74, 6) is -1.04. The number of ether oxygens (including phenoxy) is 2. The number of hydrogen-bond acceptors (Lipinski definition) is 7. The van der Waals surface area contributed by atoms with Crippen LogP contribution in [0.3, 0.4) is 0 Å². The van der Waals surface area contributed by atoms with Crippen LogP contribution in [0.5, 0.6) is 11.5 Å². The van der Waals surface area contributed by atoms with E-state index in [9.17, 15) is 19.5 Å². The summed E-state index contributed by atoms with van der Waals surface area (Å²) in [7, 11) is 2.96. The third kappa shape index (κ3) is 4.62. The maximum atomic E-state index is 12.4. The molecule has 0 bridgehead atoms. The highest BCUT2D eigenvalue weighted by Crippen LogP contribution is 2.33. The van der Waals surface area contributed by atoms with Gasteiger partial charge in [0.2, 0.25) is 5.91 Å². The number of carbonyl (C=O) groups excluding carboxylic acids is 2. The summed E-state index contributed by atoms with van der Waals surface area (Å²) in [5, 5.41) is 14.2. The minimum absolute atomic E-state index is 0.140. The van der Waals surface area contributed by atoms with E-state index in [1.807, 2.05) is 6.92 Å². The lowest BCUT2D eigenvalue weighted by molar-refractivity contribution is -0.308. The summed E-state index contributed by atoms with van der Waals surface area (Å²) >= 11 is 0. The molecule has 1 aromatic heterocycles. The molecule has 2 aromatic rings. The summed E-state index contributed by atoms with van der Waals surface area (Å²) in [6.07, 6.45) is 1.38. The Balaban J connectivity index is 2.38. The summed E-state index contributed by atoms with van der Waals surface area (Å²) in [4.78, 5) is 36.0. The molecule has 1 atom stereocenters. The van der Waals surface area contributed by atoms with Gasteiger partial charge in [0.15, 0.2) is 0 Å². The Morgan fingerprint density at radius 3 is 2.54 bits per heavy atom. The molecule has 0 spiro atoms. The van der Waals surface area contributed by atoms with Gasteiger partial charge in [0.25, 0.3) is 0 Å². The first-order chi connectivity index (χ1) is 13.3. The molecule has 0 fully saturated rings. The summed E-state index contributed by atoms with van der Waals surface area (Å²) in [5.41, 5.74) is 0.271. The number of unbranched alkanes of at least 4 members (excludes halogenated alkanes) is 1. The van der Waals surface area contributed by atoms with Crippen molar-refractivity contribution in [3.63, 3.8) is 0 Å². The van der Waals surface area contributed by atoms with Gasteiger partial charge in [-0.3, -0.25) is 4.79 Å². The van der Waals surface area contributed by atoms with Gasteiger partial charge in [-0.2, -0.15) is 0 Å². The highest BCUT2D eigenvalue weighted by molar-refractivity contribution is 5.91. The van der Waals surface area contributed by atoms with Gasteiger partial charge in [0.05, 0.1) is 43.6 Å². The number of hydrogen-bond donors (Lipinski definition) is 1. The molecule has 1 aromatic carbocycles. The number of fused-ring (bicyclic) bond motifs is 1. The monoisotopic (exact) mass is 390 g/mol. The first-order valence-corrected chi connectivity index (χ1v) is 9.00. The van der Waals surface area contributed by atoms with E-state index in [0.29, 0.717) is 28.9 Å². The molecule has 152 valence electrons. The Bertz CT molecular complexity index is 932. The van der Waals surface area contributed by atoms with E-state index in [1.54, 1.807) is 19.1 Å². The SMILES string of the molecule is CCCC[C@@H](NC(=O)Cc1c(C)c2c(OC)cc(OC)cc2oc1=O)C(=O)[O-]. The van der Waals surface area contributed by atoms with Gasteiger partial charge >= 0.3 is 5.63 Å². The van der Waals surface area contributed by atoms with Gasteiger partial charge in [-0.15, -0.1) is 0 Å². The molecular weight excluding hydrogens is 366 g/mol. The number of amides is 1. The number of aliphatic carboxylic acids is 1. The van der Waals surface area contributed by atoms with Gasteiger partial charge in [0, 0.05) is 12.1 Å². The quantitative estimate of drug-likeness (QED) is 0.637. The predicted octanol–water partition coefficient (Wildman–Crippen LogP) is 1.09. The maximum absolute atomic E-state index is 12.4. The molecule has 0 saturated heterocycles. The number of carboxylic acids is 1. The second-order valence-corrected chi connectivity index (χ2v) is 6.45. The lowest BCUT2D eigenvalue weighted by Crippen LogP contribution is -2.48. The molecule has 8 heteroatoms. The molecule has 1 heterocycles. The van der Waals surface area contributed by atoms with E-state index in [-0.39, 0.29) is 24.0 Å². The van der Waals surface area contributed by atoms with Crippen LogP contribution in [0.4, 0.5) is 0 Å². The van der Waals surface area contributed by atoms with Gasteiger partial charge < -0.3 is 29.1 Å². The molecule has 0 aliphatic heterocycles. The lowest BCUT2D eigenvalue weighted by atomic mass is 10.0. The van der Waals surface area contributed by atoms with Crippen LogP contribution in [0.1, 0.15) is 37.3 Å². The van der Waals surface area contributed by atoms with Crippen molar-refractivity contribution < 1.29 is 28.6 Å². The van der Waals surface area contributed by atoms with Crippen LogP contribution in [0.25, 0.3) is 11.0 Å². The molecule has 2 rings (SSSR count). The smallest absolute Gasteiger partial charge is 0.340 e. The van der Waals surface area contributed by atoms with Crippen molar-refractivity contribution in [3.05, 3.63) is 33.7 Å². The Kier molecular flexibility index (Phi) is 7.03. The van der Waals surface area contributed by atoms with Gasteiger partial charge in [-0.1, -0.05) is 19.8 Å². The predicted molar refractivity (Wildman–Crippen MR) is 100 cm³/mol. The second-order valence-electron chi connectivity index (χ2n) is 6.45. The Morgan fingerprint density at radius 1 is 1.25 bits per heavy atom. The first kappa shape index (κ1) is 21.3. The lowest BCUT2D eigenvalue weighted by Gasteiger charge is -2.19. The molecule has 1 amide bonds. The van der Waals surface area contributed by atoms with E-state index >= 15 is 0 Å². The molecule has 8 nitrogen and oxygen atoms in total.